The minimum absolute atomic E-state index is 0.0889. The van der Waals surface area contributed by atoms with E-state index in [1.807, 2.05) is 0 Å². The highest BCUT2D eigenvalue weighted by Gasteiger charge is 2.11. The molecule has 0 saturated heterocycles. The van der Waals surface area contributed by atoms with E-state index in [0.29, 0.717) is 16.5 Å². The second-order valence-corrected chi connectivity index (χ2v) is 6.02. The Morgan fingerprint density at radius 3 is 2.83 bits per heavy atom. The number of ether oxygens (including phenoxy) is 1. The summed E-state index contributed by atoms with van der Waals surface area (Å²) in [7, 11) is 1.49. The number of rotatable bonds is 6. The van der Waals surface area contributed by atoms with Gasteiger partial charge in [0, 0.05) is 16.3 Å². The lowest BCUT2D eigenvalue weighted by molar-refractivity contribution is -0.113. The molecule has 2 aromatic carbocycles. The maximum Gasteiger partial charge on any atom is 0.234 e. The molecule has 0 bridgehead atoms. The number of benzene rings is 2. The van der Waals surface area contributed by atoms with Gasteiger partial charge in [0.25, 0.3) is 0 Å². The van der Waals surface area contributed by atoms with Gasteiger partial charge in [0.05, 0.1) is 18.6 Å². The van der Waals surface area contributed by atoms with E-state index >= 15 is 0 Å². The first-order valence-electron chi connectivity index (χ1n) is 6.65. The Labute approximate surface area is 142 Å². The summed E-state index contributed by atoms with van der Waals surface area (Å²) in [5.41, 5.74) is 0.686. The summed E-state index contributed by atoms with van der Waals surface area (Å²) < 4.78 is 31.7. The van der Waals surface area contributed by atoms with Gasteiger partial charge >= 0.3 is 0 Å². The second kappa shape index (κ2) is 8.17. The number of thioether (sulfide) groups is 1. The van der Waals surface area contributed by atoms with Crippen LogP contribution in [0, 0.1) is 11.6 Å². The van der Waals surface area contributed by atoms with Crippen LogP contribution >= 0.6 is 23.4 Å². The minimum Gasteiger partial charge on any atom is -0.495 e. The molecule has 1 amide bonds. The van der Waals surface area contributed by atoms with Gasteiger partial charge in [-0.15, -0.1) is 11.8 Å². The molecule has 0 aliphatic heterocycles. The lowest BCUT2D eigenvalue weighted by Crippen LogP contribution is -2.15. The fraction of sp³-hybridized carbons (Fsp3) is 0.188. The molecule has 0 aromatic heterocycles. The van der Waals surface area contributed by atoms with Crippen molar-refractivity contribution in [2.24, 2.45) is 0 Å². The van der Waals surface area contributed by atoms with Gasteiger partial charge in [-0.3, -0.25) is 4.79 Å². The van der Waals surface area contributed by atoms with Crippen LogP contribution in [0.1, 0.15) is 5.56 Å². The number of nitrogens with one attached hydrogen (secondary N) is 1. The van der Waals surface area contributed by atoms with E-state index < -0.39 is 11.6 Å². The van der Waals surface area contributed by atoms with Crippen molar-refractivity contribution in [3.8, 4) is 5.75 Å². The highest BCUT2D eigenvalue weighted by Crippen LogP contribution is 2.28. The molecule has 0 atom stereocenters. The van der Waals surface area contributed by atoms with Crippen molar-refractivity contribution in [1.29, 1.82) is 0 Å². The molecule has 0 saturated carbocycles. The van der Waals surface area contributed by atoms with Gasteiger partial charge in [0.2, 0.25) is 5.91 Å². The Morgan fingerprint density at radius 2 is 2.09 bits per heavy atom. The minimum atomic E-state index is -0.892. The van der Waals surface area contributed by atoms with Gasteiger partial charge in [-0.25, -0.2) is 8.78 Å². The fourth-order valence-corrected chi connectivity index (χ4v) is 2.85. The third-order valence-electron chi connectivity index (χ3n) is 2.96. The van der Waals surface area contributed by atoms with Crippen LogP contribution in [0.2, 0.25) is 5.02 Å². The van der Waals surface area contributed by atoms with E-state index in [1.165, 1.54) is 31.0 Å². The SMILES string of the molecule is COc1ccc(Cl)cc1NC(=O)CSCc1cccc(F)c1F. The normalized spacial score (nSPS) is 10.4. The van der Waals surface area contributed by atoms with E-state index in [0.717, 1.165) is 6.07 Å². The number of hydrogen-bond acceptors (Lipinski definition) is 3. The van der Waals surface area contributed by atoms with Crippen molar-refractivity contribution in [2.45, 2.75) is 5.75 Å². The van der Waals surface area contributed by atoms with E-state index in [-0.39, 0.29) is 23.0 Å². The van der Waals surface area contributed by atoms with E-state index in [2.05, 4.69) is 5.32 Å². The zero-order valence-electron chi connectivity index (χ0n) is 12.2. The summed E-state index contributed by atoms with van der Waals surface area (Å²) >= 11 is 7.07. The Kier molecular flexibility index (Phi) is 6.24. The predicted octanol–water partition coefficient (Wildman–Crippen LogP) is 4.50. The third kappa shape index (κ3) is 4.84. The fourth-order valence-electron chi connectivity index (χ4n) is 1.88. The predicted molar refractivity (Wildman–Crippen MR) is 89.2 cm³/mol. The Hall–Kier alpha value is -1.79. The largest absolute Gasteiger partial charge is 0.495 e. The number of amides is 1. The van der Waals surface area contributed by atoms with Crippen LogP contribution in [0.25, 0.3) is 0 Å². The van der Waals surface area contributed by atoms with Gasteiger partial charge in [-0.1, -0.05) is 23.7 Å². The summed E-state index contributed by atoms with van der Waals surface area (Å²) in [4.78, 5) is 11.9. The van der Waals surface area contributed by atoms with Crippen LogP contribution in [0.5, 0.6) is 5.75 Å². The summed E-state index contributed by atoms with van der Waals surface area (Å²) in [5.74, 6) is -1.28. The summed E-state index contributed by atoms with van der Waals surface area (Å²) in [6.07, 6.45) is 0. The average Bonchev–Trinajstić information content (AvgIpc) is 2.52. The third-order valence-corrected chi connectivity index (χ3v) is 4.17. The first-order valence-corrected chi connectivity index (χ1v) is 8.18. The molecule has 2 aromatic rings. The molecule has 3 nitrogen and oxygen atoms in total. The zero-order chi connectivity index (χ0) is 16.8. The first kappa shape index (κ1) is 17.6. The first-order chi connectivity index (χ1) is 11.0. The van der Waals surface area contributed by atoms with Gasteiger partial charge in [-0.05, 0) is 24.3 Å². The molecular weight excluding hydrogens is 344 g/mol. The number of halogens is 3. The van der Waals surface area contributed by atoms with Gasteiger partial charge in [0.15, 0.2) is 11.6 Å². The van der Waals surface area contributed by atoms with E-state index in [1.54, 1.807) is 18.2 Å². The van der Waals surface area contributed by atoms with Crippen molar-refractivity contribution < 1.29 is 18.3 Å². The Balaban J connectivity index is 1.91. The quantitative estimate of drug-likeness (QED) is 0.827. The topological polar surface area (TPSA) is 38.3 Å². The molecule has 0 aliphatic rings. The highest BCUT2D eigenvalue weighted by molar-refractivity contribution is 7.99. The molecule has 0 spiro atoms. The van der Waals surface area contributed by atoms with E-state index in [4.69, 9.17) is 16.3 Å². The van der Waals surface area contributed by atoms with Crippen molar-refractivity contribution >= 4 is 35.0 Å². The van der Waals surface area contributed by atoms with E-state index in [9.17, 15) is 13.6 Å². The van der Waals surface area contributed by atoms with Crippen LogP contribution < -0.4 is 10.1 Å². The van der Waals surface area contributed by atoms with Gasteiger partial charge < -0.3 is 10.1 Å². The number of carbonyl (C=O) groups excluding carboxylic acids is 1. The lowest BCUT2D eigenvalue weighted by atomic mass is 10.2. The number of carbonyl (C=O) groups is 1. The average molecular weight is 358 g/mol. The summed E-state index contributed by atoms with van der Waals surface area (Å²) in [6.45, 7) is 0. The molecule has 122 valence electrons. The molecule has 1 N–H and O–H groups in total. The maximum absolute atomic E-state index is 13.5. The molecule has 0 radical (unpaired) electrons. The second-order valence-electron chi connectivity index (χ2n) is 4.60. The molecule has 0 heterocycles. The van der Waals surface area contributed by atoms with Crippen molar-refractivity contribution in [3.05, 3.63) is 58.6 Å². The summed E-state index contributed by atoms with van der Waals surface area (Å²) in [6, 6.07) is 8.86. The number of hydrogen-bond donors (Lipinski definition) is 1. The van der Waals surface area contributed by atoms with Gasteiger partial charge in [-0.2, -0.15) is 0 Å². The molecule has 0 fully saturated rings. The lowest BCUT2D eigenvalue weighted by Gasteiger charge is -2.10. The van der Waals surface area contributed by atoms with Crippen molar-refractivity contribution in [3.63, 3.8) is 0 Å². The molecule has 0 aliphatic carbocycles. The summed E-state index contributed by atoms with van der Waals surface area (Å²) in [5, 5.41) is 3.15. The van der Waals surface area contributed by atoms with Crippen LogP contribution in [-0.2, 0) is 10.5 Å². The smallest absolute Gasteiger partial charge is 0.234 e. The number of anilines is 1. The van der Waals surface area contributed by atoms with Crippen LogP contribution in [0.3, 0.4) is 0 Å². The molecule has 0 unspecified atom stereocenters. The molecule has 7 heteroatoms. The van der Waals surface area contributed by atoms with Crippen molar-refractivity contribution in [2.75, 3.05) is 18.2 Å². The zero-order valence-corrected chi connectivity index (χ0v) is 13.8. The molecule has 2 rings (SSSR count). The maximum atomic E-state index is 13.5. The monoisotopic (exact) mass is 357 g/mol. The van der Waals surface area contributed by atoms with Crippen LogP contribution in [0.15, 0.2) is 36.4 Å². The highest BCUT2D eigenvalue weighted by atomic mass is 35.5. The van der Waals surface area contributed by atoms with Crippen LogP contribution in [-0.4, -0.2) is 18.8 Å². The molecule has 23 heavy (non-hydrogen) atoms. The number of methoxy groups -OCH3 is 1. The van der Waals surface area contributed by atoms with Gasteiger partial charge in [0.1, 0.15) is 5.75 Å². The Morgan fingerprint density at radius 1 is 1.30 bits per heavy atom. The Bertz CT molecular complexity index is 712. The standard InChI is InChI=1S/C16H14ClF2NO2S/c1-22-14-6-5-11(17)7-13(14)20-15(21)9-23-8-10-3-2-4-12(18)16(10)19/h2-7H,8-9H2,1H3,(H,20,21). The molecular formula is C16H14ClF2NO2S. The van der Waals surface area contributed by atoms with Crippen molar-refractivity contribution in [1.82, 2.24) is 0 Å². The van der Waals surface area contributed by atoms with Crippen LogP contribution in [0.4, 0.5) is 14.5 Å².